The highest BCUT2D eigenvalue weighted by atomic mass is 79.9. The maximum Gasteiger partial charge on any atom is 0.257 e. The maximum atomic E-state index is 13.6. The fraction of sp³-hybridized carbons (Fsp3) is 0.263. The van der Waals surface area contributed by atoms with Crippen LogP contribution in [0.5, 0.6) is 5.75 Å². The molecule has 144 valence electrons. The van der Waals surface area contributed by atoms with Gasteiger partial charge in [0.1, 0.15) is 22.9 Å². The number of carbonyl (C=O) groups is 2. The Morgan fingerprint density at radius 1 is 1.04 bits per heavy atom. The van der Waals surface area contributed by atoms with E-state index in [0.29, 0.717) is 11.3 Å². The highest BCUT2D eigenvalue weighted by molar-refractivity contribution is 9.10. The Morgan fingerprint density at radius 2 is 1.63 bits per heavy atom. The molecule has 2 amide bonds. The van der Waals surface area contributed by atoms with Crippen molar-refractivity contribution >= 4 is 27.7 Å². The summed E-state index contributed by atoms with van der Waals surface area (Å²) < 4.78 is 33.5. The molecule has 0 spiro atoms. The van der Waals surface area contributed by atoms with Gasteiger partial charge in [-0.25, -0.2) is 8.78 Å². The lowest BCUT2D eigenvalue weighted by molar-refractivity contribution is 0.0919. The summed E-state index contributed by atoms with van der Waals surface area (Å²) >= 11 is 3.33. The Labute approximate surface area is 164 Å². The molecule has 0 unspecified atom stereocenters. The maximum absolute atomic E-state index is 13.6. The Kier molecular flexibility index (Phi) is 7.29. The van der Waals surface area contributed by atoms with Crippen LogP contribution in [-0.4, -0.2) is 31.0 Å². The molecule has 0 bridgehead atoms. The number of hydrogen-bond acceptors (Lipinski definition) is 3. The van der Waals surface area contributed by atoms with Crippen molar-refractivity contribution in [1.29, 1.82) is 0 Å². The first-order valence-corrected chi connectivity index (χ1v) is 9.05. The number of benzene rings is 2. The van der Waals surface area contributed by atoms with Crippen molar-refractivity contribution in [3.63, 3.8) is 0 Å². The minimum atomic E-state index is -0.943. The van der Waals surface area contributed by atoms with Gasteiger partial charge in [-0.05, 0) is 44.2 Å². The summed E-state index contributed by atoms with van der Waals surface area (Å²) in [7, 11) is 0. The monoisotopic (exact) mass is 440 g/mol. The second kappa shape index (κ2) is 9.45. The standard InChI is InChI=1S/C19H19BrF2N2O3/c1-11(2)27-16-10-12(20)6-7-13(16)18(25)23-8-9-24-19(26)17-14(21)4-3-5-15(17)22/h3-7,10-11H,8-9H2,1-2H3,(H,23,25)(H,24,26). The third kappa shape index (κ3) is 5.75. The molecule has 5 nitrogen and oxygen atoms in total. The van der Waals surface area contributed by atoms with Gasteiger partial charge in [0.2, 0.25) is 0 Å². The second-order valence-corrected chi connectivity index (χ2v) is 6.83. The zero-order chi connectivity index (χ0) is 20.0. The van der Waals surface area contributed by atoms with Crippen LogP contribution < -0.4 is 15.4 Å². The van der Waals surface area contributed by atoms with Gasteiger partial charge in [0, 0.05) is 17.6 Å². The molecule has 0 saturated heterocycles. The van der Waals surface area contributed by atoms with E-state index in [4.69, 9.17) is 4.74 Å². The summed E-state index contributed by atoms with van der Waals surface area (Å²) in [5, 5.41) is 5.00. The first-order chi connectivity index (χ1) is 12.8. The summed E-state index contributed by atoms with van der Waals surface area (Å²) in [5.41, 5.74) is -0.303. The van der Waals surface area contributed by atoms with E-state index >= 15 is 0 Å². The van der Waals surface area contributed by atoms with Crippen LogP contribution in [0, 0.1) is 11.6 Å². The van der Waals surface area contributed by atoms with Crippen LogP contribution in [0.1, 0.15) is 34.6 Å². The van der Waals surface area contributed by atoms with Gasteiger partial charge in [-0.3, -0.25) is 9.59 Å². The van der Waals surface area contributed by atoms with Crippen molar-refractivity contribution < 1.29 is 23.1 Å². The minimum absolute atomic E-state index is 0.00917. The Balaban J connectivity index is 1.92. The van der Waals surface area contributed by atoms with Crippen molar-refractivity contribution in [2.45, 2.75) is 20.0 Å². The van der Waals surface area contributed by atoms with Gasteiger partial charge in [0.25, 0.3) is 11.8 Å². The normalized spacial score (nSPS) is 10.6. The fourth-order valence-electron chi connectivity index (χ4n) is 2.29. The van der Waals surface area contributed by atoms with Gasteiger partial charge in [0.15, 0.2) is 0 Å². The molecule has 0 saturated carbocycles. The molecule has 27 heavy (non-hydrogen) atoms. The average molecular weight is 441 g/mol. The zero-order valence-electron chi connectivity index (χ0n) is 14.8. The number of rotatable bonds is 7. The number of ether oxygens (including phenoxy) is 1. The molecule has 2 rings (SSSR count). The van der Waals surface area contributed by atoms with Gasteiger partial charge < -0.3 is 15.4 Å². The molecular weight excluding hydrogens is 422 g/mol. The summed E-state index contributed by atoms with van der Waals surface area (Å²) in [6.07, 6.45) is -0.110. The van der Waals surface area contributed by atoms with Gasteiger partial charge in [-0.1, -0.05) is 22.0 Å². The van der Waals surface area contributed by atoms with Gasteiger partial charge in [-0.2, -0.15) is 0 Å². The molecular formula is C19H19BrF2N2O3. The molecule has 2 aromatic rings. The summed E-state index contributed by atoms with van der Waals surface area (Å²) in [6.45, 7) is 3.78. The molecule has 2 aromatic carbocycles. The lowest BCUT2D eigenvalue weighted by Crippen LogP contribution is -2.35. The fourth-order valence-corrected chi connectivity index (χ4v) is 2.63. The minimum Gasteiger partial charge on any atom is -0.490 e. The van der Waals surface area contributed by atoms with E-state index < -0.39 is 23.1 Å². The van der Waals surface area contributed by atoms with Crippen LogP contribution in [0.2, 0.25) is 0 Å². The Bertz CT molecular complexity index is 823. The van der Waals surface area contributed by atoms with Crippen molar-refractivity contribution in [2.75, 3.05) is 13.1 Å². The van der Waals surface area contributed by atoms with Crippen molar-refractivity contribution in [3.05, 3.63) is 63.6 Å². The van der Waals surface area contributed by atoms with E-state index in [9.17, 15) is 18.4 Å². The van der Waals surface area contributed by atoms with E-state index in [2.05, 4.69) is 26.6 Å². The number of amides is 2. The van der Waals surface area contributed by atoms with Crippen LogP contribution in [-0.2, 0) is 0 Å². The highest BCUT2D eigenvalue weighted by Gasteiger charge is 2.17. The third-order valence-electron chi connectivity index (χ3n) is 3.44. The Morgan fingerprint density at radius 3 is 2.22 bits per heavy atom. The molecule has 0 aliphatic rings. The van der Waals surface area contributed by atoms with Crippen LogP contribution in [0.4, 0.5) is 8.78 Å². The number of carbonyl (C=O) groups excluding carboxylic acids is 2. The predicted octanol–water partition coefficient (Wildman–Crippen LogP) is 3.67. The van der Waals surface area contributed by atoms with E-state index in [1.807, 2.05) is 13.8 Å². The summed E-state index contributed by atoms with van der Waals surface area (Å²) in [4.78, 5) is 24.2. The topological polar surface area (TPSA) is 67.4 Å². The largest absolute Gasteiger partial charge is 0.490 e. The smallest absolute Gasteiger partial charge is 0.257 e. The predicted molar refractivity (Wildman–Crippen MR) is 101 cm³/mol. The SMILES string of the molecule is CC(C)Oc1cc(Br)ccc1C(=O)NCCNC(=O)c1c(F)cccc1F. The zero-order valence-corrected chi connectivity index (χ0v) is 16.4. The van der Waals surface area contributed by atoms with Crippen molar-refractivity contribution in [3.8, 4) is 5.75 Å². The molecule has 0 fully saturated rings. The molecule has 0 aliphatic carbocycles. The third-order valence-corrected chi connectivity index (χ3v) is 3.93. The molecule has 0 aromatic heterocycles. The van der Waals surface area contributed by atoms with E-state index in [-0.39, 0.29) is 25.1 Å². The van der Waals surface area contributed by atoms with Gasteiger partial charge >= 0.3 is 0 Å². The van der Waals surface area contributed by atoms with Crippen molar-refractivity contribution in [2.24, 2.45) is 0 Å². The number of nitrogens with one attached hydrogen (secondary N) is 2. The molecule has 0 aliphatic heterocycles. The van der Waals surface area contributed by atoms with Crippen molar-refractivity contribution in [1.82, 2.24) is 10.6 Å². The van der Waals surface area contributed by atoms with E-state index in [1.54, 1.807) is 18.2 Å². The summed E-state index contributed by atoms with van der Waals surface area (Å²) in [5.74, 6) is -2.73. The van der Waals surface area contributed by atoms with Crippen LogP contribution in [0.15, 0.2) is 40.9 Å². The van der Waals surface area contributed by atoms with Crippen LogP contribution >= 0.6 is 15.9 Å². The average Bonchev–Trinajstić information content (AvgIpc) is 2.58. The molecule has 0 radical (unpaired) electrons. The quantitative estimate of drug-likeness (QED) is 0.645. The number of hydrogen-bond donors (Lipinski definition) is 2. The lowest BCUT2D eigenvalue weighted by Gasteiger charge is -2.15. The van der Waals surface area contributed by atoms with Crippen LogP contribution in [0.3, 0.4) is 0 Å². The highest BCUT2D eigenvalue weighted by Crippen LogP contribution is 2.24. The lowest BCUT2D eigenvalue weighted by atomic mass is 10.2. The molecule has 2 N–H and O–H groups in total. The molecule has 0 atom stereocenters. The Hall–Kier alpha value is -2.48. The first-order valence-electron chi connectivity index (χ1n) is 8.26. The second-order valence-electron chi connectivity index (χ2n) is 5.92. The first kappa shape index (κ1) is 20.8. The summed E-state index contributed by atoms with van der Waals surface area (Å²) in [6, 6.07) is 8.21. The molecule has 8 heteroatoms. The molecule has 0 heterocycles. The van der Waals surface area contributed by atoms with E-state index in [0.717, 1.165) is 16.6 Å². The van der Waals surface area contributed by atoms with Gasteiger partial charge in [-0.15, -0.1) is 0 Å². The van der Waals surface area contributed by atoms with Crippen LogP contribution in [0.25, 0.3) is 0 Å². The number of halogens is 3. The van der Waals surface area contributed by atoms with E-state index in [1.165, 1.54) is 6.07 Å². The van der Waals surface area contributed by atoms with Gasteiger partial charge in [0.05, 0.1) is 11.7 Å².